The molecule has 1 aliphatic carbocycles. The van der Waals surface area contributed by atoms with Crippen LogP contribution in [0.25, 0.3) is 10.9 Å². The molecule has 1 heterocycles. The van der Waals surface area contributed by atoms with Crippen LogP contribution in [0.15, 0.2) is 29.2 Å². The molecule has 1 saturated carbocycles. The molecule has 0 bridgehead atoms. The second-order valence-corrected chi connectivity index (χ2v) is 5.21. The predicted octanol–water partition coefficient (Wildman–Crippen LogP) is 2.35. The number of aromatic carboxylic acids is 1. The highest BCUT2D eigenvalue weighted by Gasteiger charge is 2.40. The fourth-order valence-electron chi connectivity index (χ4n) is 2.32. The zero-order valence-corrected chi connectivity index (χ0v) is 10.3. The number of hydrogen-bond donors (Lipinski definition) is 1. The van der Waals surface area contributed by atoms with Gasteiger partial charge in [0.1, 0.15) is 11.4 Å². The van der Waals surface area contributed by atoms with Crippen molar-refractivity contribution in [3.63, 3.8) is 0 Å². The van der Waals surface area contributed by atoms with Crippen LogP contribution < -0.4 is 5.43 Å². The van der Waals surface area contributed by atoms with Crippen LogP contribution in [0, 0.1) is 5.82 Å². The van der Waals surface area contributed by atoms with E-state index in [1.807, 2.05) is 6.92 Å². The highest BCUT2D eigenvalue weighted by Crippen LogP contribution is 2.44. The largest absolute Gasteiger partial charge is 0.477 e. The number of pyridine rings is 1. The topological polar surface area (TPSA) is 59.3 Å². The molecule has 98 valence electrons. The van der Waals surface area contributed by atoms with Crippen LogP contribution in [-0.2, 0) is 5.54 Å². The number of halogens is 1. The minimum atomic E-state index is -1.28. The smallest absolute Gasteiger partial charge is 0.341 e. The lowest BCUT2D eigenvalue weighted by Crippen LogP contribution is -2.23. The van der Waals surface area contributed by atoms with Gasteiger partial charge in [0.05, 0.1) is 5.52 Å². The Hall–Kier alpha value is -2.17. The van der Waals surface area contributed by atoms with Gasteiger partial charge in [0.2, 0.25) is 5.43 Å². The van der Waals surface area contributed by atoms with Crippen molar-refractivity contribution in [3.05, 3.63) is 46.0 Å². The van der Waals surface area contributed by atoms with E-state index in [1.165, 1.54) is 18.3 Å². The van der Waals surface area contributed by atoms with Crippen molar-refractivity contribution in [2.24, 2.45) is 0 Å². The molecule has 0 amide bonds. The van der Waals surface area contributed by atoms with E-state index >= 15 is 0 Å². The SMILES string of the molecule is CC1(n2cc(C(=O)O)c(=O)c3cc(F)ccc32)CC1. The Morgan fingerprint density at radius 3 is 2.68 bits per heavy atom. The third-order valence-electron chi connectivity index (χ3n) is 3.75. The van der Waals surface area contributed by atoms with Crippen LogP contribution in [0.2, 0.25) is 0 Å². The molecule has 5 heteroatoms. The summed E-state index contributed by atoms with van der Waals surface area (Å²) in [7, 11) is 0. The Morgan fingerprint density at radius 2 is 2.11 bits per heavy atom. The monoisotopic (exact) mass is 261 g/mol. The van der Waals surface area contributed by atoms with Gasteiger partial charge in [-0.3, -0.25) is 4.79 Å². The number of carbonyl (C=O) groups is 1. The molecule has 0 radical (unpaired) electrons. The fourth-order valence-corrected chi connectivity index (χ4v) is 2.32. The van der Waals surface area contributed by atoms with Crippen LogP contribution in [-0.4, -0.2) is 15.6 Å². The molecule has 4 nitrogen and oxygen atoms in total. The summed E-state index contributed by atoms with van der Waals surface area (Å²) in [6, 6.07) is 3.91. The van der Waals surface area contributed by atoms with E-state index < -0.39 is 17.2 Å². The van der Waals surface area contributed by atoms with Gasteiger partial charge in [-0.1, -0.05) is 0 Å². The Labute approximate surface area is 108 Å². The molecule has 1 aromatic heterocycles. The summed E-state index contributed by atoms with van der Waals surface area (Å²) in [4.78, 5) is 23.2. The maximum Gasteiger partial charge on any atom is 0.341 e. The summed E-state index contributed by atoms with van der Waals surface area (Å²) in [5.41, 5.74) is -0.543. The number of fused-ring (bicyclic) bond motifs is 1. The van der Waals surface area contributed by atoms with E-state index in [4.69, 9.17) is 5.11 Å². The summed E-state index contributed by atoms with van der Waals surface area (Å²) < 4.78 is 15.1. The van der Waals surface area contributed by atoms with Crippen molar-refractivity contribution in [2.75, 3.05) is 0 Å². The van der Waals surface area contributed by atoms with Crippen LogP contribution in [0.5, 0.6) is 0 Å². The number of aromatic nitrogens is 1. The molecule has 1 aromatic carbocycles. The molecular weight excluding hydrogens is 249 g/mol. The van der Waals surface area contributed by atoms with Gasteiger partial charge >= 0.3 is 5.97 Å². The summed E-state index contributed by atoms with van der Waals surface area (Å²) in [6.45, 7) is 1.99. The van der Waals surface area contributed by atoms with Crippen molar-refractivity contribution >= 4 is 16.9 Å². The van der Waals surface area contributed by atoms with Gasteiger partial charge in [-0.2, -0.15) is 0 Å². The number of hydrogen-bond acceptors (Lipinski definition) is 2. The summed E-state index contributed by atoms with van der Waals surface area (Å²) in [5.74, 6) is -1.83. The molecule has 1 fully saturated rings. The van der Waals surface area contributed by atoms with Crippen molar-refractivity contribution < 1.29 is 14.3 Å². The highest BCUT2D eigenvalue weighted by molar-refractivity contribution is 5.92. The third kappa shape index (κ3) is 1.73. The molecule has 0 spiro atoms. The number of nitrogens with zero attached hydrogens (tertiary/aromatic N) is 1. The fraction of sp³-hybridized carbons (Fsp3) is 0.286. The molecule has 3 rings (SSSR count). The molecule has 0 aliphatic heterocycles. The zero-order valence-electron chi connectivity index (χ0n) is 10.3. The summed E-state index contributed by atoms with van der Waals surface area (Å²) in [5, 5.41) is 9.22. The maximum atomic E-state index is 13.3. The van der Waals surface area contributed by atoms with Crippen LogP contribution >= 0.6 is 0 Å². The standard InChI is InChI=1S/C14H12FNO3/c1-14(4-5-14)16-7-10(13(18)19)12(17)9-6-8(15)2-3-11(9)16/h2-3,6-7H,4-5H2,1H3,(H,18,19). The van der Waals surface area contributed by atoms with E-state index in [2.05, 4.69) is 0 Å². The average Bonchev–Trinajstić information content (AvgIpc) is 3.09. The Balaban J connectivity index is 2.46. The van der Waals surface area contributed by atoms with Crippen molar-refractivity contribution in [1.82, 2.24) is 4.57 Å². The summed E-state index contributed by atoms with van der Waals surface area (Å²) >= 11 is 0. The number of carboxylic acids is 1. The number of rotatable bonds is 2. The molecule has 0 unspecified atom stereocenters. The second-order valence-electron chi connectivity index (χ2n) is 5.21. The molecule has 2 aromatic rings. The van der Waals surface area contributed by atoms with Crippen molar-refractivity contribution in [1.29, 1.82) is 0 Å². The number of carboxylic acid groups (broad SMARTS) is 1. The van der Waals surface area contributed by atoms with E-state index in [0.29, 0.717) is 5.52 Å². The van der Waals surface area contributed by atoms with Crippen LogP contribution in [0.3, 0.4) is 0 Å². The van der Waals surface area contributed by atoms with Gasteiger partial charge in [0.15, 0.2) is 0 Å². The quantitative estimate of drug-likeness (QED) is 0.902. The lowest BCUT2D eigenvalue weighted by molar-refractivity contribution is 0.0694. The first-order valence-corrected chi connectivity index (χ1v) is 6.01. The second kappa shape index (κ2) is 3.66. The molecule has 19 heavy (non-hydrogen) atoms. The Kier molecular flexibility index (Phi) is 2.29. The first kappa shape index (κ1) is 11.9. The van der Waals surface area contributed by atoms with Crippen LogP contribution in [0.4, 0.5) is 4.39 Å². The van der Waals surface area contributed by atoms with E-state index in [0.717, 1.165) is 18.9 Å². The molecule has 0 atom stereocenters. The van der Waals surface area contributed by atoms with Gasteiger partial charge in [0.25, 0.3) is 0 Å². The van der Waals surface area contributed by atoms with Gasteiger partial charge in [-0.25, -0.2) is 9.18 Å². The zero-order chi connectivity index (χ0) is 13.8. The first-order valence-electron chi connectivity index (χ1n) is 6.01. The van der Waals surface area contributed by atoms with Gasteiger partial charge < -0.3 is 9.67 Å². The lowest BCUT2D eigenvalue weighted by atomic mass is 10.1. The van der Waals surface area contributed by atoms with Gasteiger partial charge in [-0.15, -0.1) is 0 Å². The predicted molar refractivity (Wildman–Crippen MR) is 68.0 cm³/mol. The first-order chi connectivity index (χ1) is 8.92. The van der Waals surface area contributed by atoms with Crippen molar-refractivity contribution in [3.8, 4) is 0 Å². The maximum absolute atomic E-state index is 13.3. The molecule has 1 N–H and O–H groups in total. The molecule has 0 saturated heterocycles. The van der Waals surface area contributed by atoms with Crippen LogP contribution in [0.1, 0.15) is 30.1 Å². The normalized spacial score (nSPS) is 16.5. The van der Waals surface area contributed by atoms with Gasteiger partial charge in [-0.05, 0) is 38.0 Å². The van der Waals surface area contributed by atoms with Crippen molar-refractivity contribution in [2.45, 2.75) is 25.3 Å². The molecular formula is C14H12FNO3. The van der Waals surface area contributed by atoms with E-state index in [9.17, 15) is 14.0 Å². The average molecular weight is 261 g/mol. The lowest BCUT2D eigenvalue weighted by Gasteiger charge is -2.18. The number of benzene rings is 1. The Morgan fingerprint density at radius 1 is 1.42 bits per heavy atom. The minimum absolute atomic E-state index is 0.119. The Bertz CT molecular complexity index is 759. The highest BCUT2D eigenvalue weighted by atomic mass is 19.1. The molecule has 1 aliphatic rings. The van der Waals surface area contributed by atoms with E-state index in [1.54, 1.807) is 4.57 Å². The van der Waals surface area contributed by atoms with E-state index in [-0.39, 0.29) is 16.5 Å². The van der Waals surface area contributed by atoms with Gasteiger partial charge in [0, 0.05) is 17.1 Å². The minimum Gasteiger partial charge on any atom is -0.477 e. The summed E-state index contributed by atoms with van der Waals surface area (Å²) in [6.07, 6.45) is 3.21. The third-order valence-corrected chi connectivity index (χ3v) is 3.75.